The van der Waals surface area contributed by atoms with Crippen LogP contribution in [0.4, 0.5) is 5.82 Å². The zero-order valence-electron chi connectivity index (χ0n) is 14.8. The van der Waals surface area contributed by atoms with Crippen molar-refractivity contribution in [3.05, 3.63) is 53.7 Å². The summed E-state index contributed by atoms with van der Waals surface area (Å²) in [7, 11) is 2.95. The fourth-order valence-electron chi connectivity index (χ4n) is 2.97. The zero-order chi connectivity index (χ0) is 18.5. The number of carbonyl (C=O) groups excluding carboxylic acids is 2. The van der Waals surface area contributed by atoms with E-state index >= 15 is 0 Å². The van der Waals surface area contributed by atoms with E-state index in [9.17, 15) is 9.59 Å². The van der Waals surface area contributed by atoms with Gasteiger partial charge in [0.05, 0.1) is 20.8 Å². The van der Waals surface area contributed by atoms with Crippen molar-refractivity contribution in [2.24, 2.45) is 0 Å². The standard InChI is InChI=1S/C19H21N3O4/c1-25-15-6-3-5-14(11-15)12-21-9-10-22(13-17(21)23)18-16(19(24)26-2)7-4-8-20-18/h3-8,11H,9-10,12-13H2,1-2H3. The molecule has 136 valence electrons. The number of pyridine rings is 1. The Balaban J connectivity index is 1.71. The number of rotatable bonds is 5. The second-order valence-corrected chi connectivity index (χ2v) is 5.95. The maximum absolute atomic E-state index is 12.6. The highest BCUT2D eigenvalue weighted by Gasteiger charge is 2.27. The Morgan fingerprint density at radius 3 is 2.77 bits per heavy atom. The van der Waals surface area contributed by atoms with Gasteiger partial charge < -0.3 is 19.3 Å². The van der Waals surface area contributed by atoms with Crippen LogP contribution in [0.2, 0.25) is 0 Å². The fraction of sp³-hybridized carbons (Fsp3) is 0.316. The summed E-state index contributed by atoms with van der Waals surface area (Å²) in [5.74, 6) is 0.776. The van der Waals surface area contributed by atoms with Crippen LogP contribution in [-0.2, 0) is 16.1 Å². The van der Waals surface area contributed by atoms with Crippen LogP contribution >= 0.6 is 0 Å². The first-order valence-corrected chi connectivity index (χ1v) is 8.31. The maximum Gasteiger partial charge on any atom is 0.341 e. The van der Waals surface area contributed by atoms with E-state index in [-0.39, 0.29) is 12.5 Å². The van der Waals surface area contributed by atoms with Crippen LogP contribution in [0, 0.1) is 0 Å². The van der Waals surface area contributed by atoms with Crippen molar-refractivity contribution < 1.29 is 19.1 Å². The lowest BCUT2D eigenvalue weighted by Gasteiger charge is -2.35. The van der Waals surface area contributed by atoms with E-state index in [1.807, 2.05) is 29.2 Å². The van der Waals surface area contributed by atoms with E-state index in [4.69, 9.17) is 9.47 Å². The van der Waals surface area contributed by atoms with Crippen LogP contribution in [0.5, 0.6) is 5.75 Å². The van der Waals surface area contributed by atoms with Gasteiger partial charge in [0.15, 0.2) is 0 Å². The minimum atomic E-state index is -0.459. The van der Waals surface area contributed by atoms with Gasteiger partial charge in [0.25, 0.3) is 0 Å². The van der Waals surface area contributed by atoms with Crippen LogP contribution in [-0.4, -0.2) is 55.6 Å². The number of piperazine rings is 1. The minimum absolute atomic E-state index is 0.0134. The second kappa shape index (κ2) is 7.86. The first kappa shape index (κ1) is 17.7. The molecule has 0 bridgehead atoms. The van der Waals surface area contributed by atoms with Gasteiger partial charge in [-0.1, -0.05) is 12.1 Å². The van der Waals surface area contributed by atoms with E-state index in [2.05, 4.69) is 4.98 Å². The van der Waals surface area contributed by atoms with E-state index in [0.29, 0.717) is 31.0 Å². The fourth-order valence-corrected chi connectivity index (χ4v) is 2.97. The summed E-state index contributed by atoms with van der Waals surface area (Å²) >= 11 is 0. The zero-order valence-corrected chi connectivity index (χ0v) is 14.8. The van der Waals surface area contributed by atoms with E-state index in [1.54, 1.807) is 30.3 Å². The number of amides is 1. The number of hydrogen-bond acceptors (Lipinski definition) is 6. The molecule has 1 aliphatic heterocycles. The van der Waals surface area contributed by atoms with Gasteiger partial charge in [-0.3, -0.25) is 4.79 Å². The number of ether oxygens (including phenoxy) is 2. The summed E-state index contributed by atoms with van der Waals surface area (Å²) in [6, 6.07) is 11.0. The molecule has 0 saturated carbocycles. The van der Waals surface area contributed by atoms with Gasteiger partial charge in [0.1, 0.15) is 17.1 Å². The van der Waals surface area contributed by atoms with Gasteiger partial charge in [-0.15, -0.1) is 0 Å². The summed E-state index contributed by atoms with van der Waals surface area (Å²) in [5.41, 5.74) is 1.38. The predicted octanol–water partition coefficient (Wildman–Crippen LogP) is 1.73. The Hall–Kier alpha value is -3.09. The van der Waals surface area contributed by atoms with Gasteiger partial charge in [-0.05, 0) is 29.8 Å². The minimum Gasteiger partial charge on any atom is -0.497 e. The molecule has 1 amide bonds. The number of hydrogen-bond donors (Lipinski definition) is 0. The van der Waals surface area contributed by atoms with Crippen molar-refractivity contribution in [1.29, 1.82) is 0 Å². The molecule has 7 heteroatoms. The van der Waals surface area contributed by atoms with Crippen LogP contribution in [0.25, 0.3) is 0 Å². The third kappa shape index (κ3) is 3.77. The molecule has 0 spiro atoms. The molecule has 1 fully saturated rings. The summed E-state index contributed by atoms with van der Waals surface area (Å²) in [6.07, 6.45) is 1.61. The molecule has 0 N–H and O–H groups in total. The molecule has 1 aliphatic rings. The molecular weight excluding hydrogens is 334 g/mol. The Bertz CT molecular complexity index is 809. The third-order valence-corrected chi connectivity index (χ3v) is 4.32. The van der Waals surface area contributed by atoms with E-state index < -0.39 is 5.97 Å². The molecule has 7 nitrogen and oxygen atoms in total. The van der Waals surface area contributed by atoms with Crippen molar-refractivity contribution in [3.8, 4) is 5.75 Å². The van der Waals surface area contributed by atoms with Crippen LogP contribution in [0.3, 0.4) is 0 Å². The van der Waals surface area contributed by atoms with Crippen molar-refractivity contribution in [3.63, 3.8) is 0 Å². The Morgan fingerprint density at radius 1 is 1.19 bits per heavy atom. The Morgan fingerprint density at radius 2 is 2.04 bits per heavy atom. The molecule has 2 aromatic rings. The second-order valence-electron chi connectivity index (χ2n) is 5.95. The van der Waals surface area contributed by atoms with Crippen molar-refractivity contribution >= 4 is 17.7 Å². The lowest BCUT2D eigenvalue weighted by atomic mass is 10.1. The molecular formula is C19H21N3O4. The third-order valence-electron chi connectivity index (χ3n) is 4.32. The molecule has 1 saturated heterocycles. The summed E-state index contributed by atoms with van der Waals surface area (Å²) in [4.78, 5) is 32.4. The predicted molar refractivity (Wildman–Crippen MR) is 96.2 cm³/mol. The summed E-state index contributed by atoms with van der Waals surface area (Å²) in [5, 5.41) is 0. The van der Waals surface area contributed by atoms with Gasteiger partial charge >= 0.3 is 5.97 Å². The highest BCUT2D eigenvalue weighted by atomic mass is 16.5. The van der Waals surface area contributed by atoms with Gasteiger partial charge in [-0.25, -0.2) is 9.78 Å². The molecule has 3 rings (SSSR count). The average Bonchev–Trinajstić information content (AvgIpc) is 2.69. The molecule has 0 atom stereocenters. The largest absolute Gasteiger partial charge is 0.497 e. The van der Waals surface area contributed by atoms with Gasteiger partial charge in [0.2, 0.25) is 5.91 Å². The normalized spacial score (nSPS) is 14.3. The monoisotopic (exact) mass is 355 g/mol. The number of methoxy groups -OCH3 is 2. The van der Waals surface area contributed by atoms with Crippen molar-refractivity contribution in [2.75, 3.05) is 38.8 Å². The molecule has 1 aromatic carbocycles. The highest BCUT2D eigenvalue weighted by Crippen LogP contribution is 2.21. The number of nitrogens with zero attached hydrogens (tertiary/aromatic N) is 3. The topological polar surface area (TPSA) is 72.0 Å². The molecule has 2 heterocycles. The van der Waals surface area contributed by atoms with Gasteiger partial charge in [-0.2, -0.15) is 0 Å². The number of anilines is 1. The van der Waals surface area contributed by atoms with Crippen LogP contribution in [0.1, 0.15) is 15.9 Å². The van der Waals surface area contributed by atoms with E-state index in [1.165, 1.54) is 7.11 Å². The quantitative estimate of drug-likeness (QED) is 0.761. The van der Waals surface area contributed by atoms with Crippen LogP contribution < -0.4 is 9.64 Å². The summed E-state index contributed by atoms with van der Waals surface area (Å²) < 4.78 is 10.0. The number of esters is 1. The lowest BCUT2D eigenvalue weighted by molar-refractivity contribution is -0.131. The molecule has 1 aromatic heterocycles. The highest BCUT2D eigenvalue weighted by molar-refractivity contribution is 5.95. The molecule has 0 aliphatic carbocycles. The Kier molecular flexibility index (Phi) is 5.36. The molecule has 26 heavy (non-hydrogen) atoms. The number of aromatic nitrogens is 1. The number of carbonyl (C=O) groups is 2. The SMILES string of the molecule is COC(=O)c1cccnc1N1CCN(Cc2cccc(OC)c2)C(=O)C1. The molecule has 0 radical (unpaired) electrons. The van der Waals surface area contributed by atoms with E-state index in [0.717, 1.165) is 11.3 Å². The lowest BCUT2D eigenvalue weighted by Crippen LogP contribution is -2.50. The smallest absolute Gasteiger partial charge is 0.341 e. The number of benzene rings is 1. The van der Waals surface area contributed by atoms with Crippen molar-refractivity contribution in [2.45, 2.75) is 6.54 Å². The first-order valence-electron chi connectivity index (χ1n) is 8.31. The molecule has 0 unspecified atom stereocenters. The average molecular weight is 355 g/mol. The van der Waals surface area contributed by atoms with Crippen molar-refractivity contribution in [1.82, 2.24) is 9.88 Å². The summed E-state index contributed by atoms with van der Waals surface area (Å²) in [6.45, 7) is 1.84. The first-order chi connectivity index (χ1) is 12.6. The van der Waals surface area contributed by atoms with Gasteiger partial charge in [0, 0.05) is 25.8 Å². The maximum atomic E-state index is 12.6. The van der Waals surface area contributed by atoms with Crippen LogP contribution in [0.15, 0.2) is 42.6 Å². The Labute approximate surface area is 152 Å².